The van der Waals surface area contributed by atoms with Crippen LogP contribution < -0.4 is 10.1 Å². The smallest absolute Gasteiger partial charge is 0.142 e. The molecule has 0 radical (unpaired) electrons. The SMILES string of the molecule is CCNC(Cc1cccc(OC)c1)c1cccc(Br)c1F. The molecule has 0 bridgehead atoms. The lowest BCUT2D eigenvalue weighted by Gasteiger charge is -2.20. The summed E-state index contributed by atoms with van der Waals surface area (Å²) in [5.74, 6) is 0.615. The lowest BCUT2D eigenvalue weighted by molar-refractivity contribution is 0.413. The van der Waals surface area contributed by atoms with E-state index in [1.807, 2.05) is 43.3 Å². The van der Waals surface area contributed by atoms with Gasteiger partial charge >= 0.3 is 0 Å². The van der Waals surface area contributed by atoms with Gasteiger partial charge in [0.1, 0.15) is 11.6 Å². The Morgan fingerprint density at radius 1 is 1.24 bits per heavy atom. The number of hydrogen-bond acceptors (Lipinski definition) is 2. The molecule has 2 rings (SSSR count). The van der Waals surface area contributed by atoms with E-state index in [2.05, 4.69) is 21.2 Å². The van der Waals surface area contributed by atoms with E-state index in [1.54, 1.807) is 13.2 Å². The molecule has 2 nitrogen and oxygen atoms in total. The first-order valence-corrected chi connectivity index (χ1v) is 7.75. The molecule has 21 heavy (non-hydrogen) atoms. The average Bonchev–Trinajstić information content (AvgIpc) is 2.50. The molecule has 0 amide bonds. The molecule has 0 aliphatic carbocycles. The number of nitrogens with one attached hydrogen (secondary N) is 1. The summed E-state index contributed by atoms with van der Waals surface area (Å²) in [6, 6.07) is 13.2. The van der Waals surface area contributed by atoms with Gasteiger partial charge in [-0.3, -0.25) is 0 Å². The summed E-state index contributed by atoms with van der Waals surface area (Å²) in [4.78, 5) is 0. The van der Waals surface area contributed by atoms with Gasteiger partial charge in [0.15, 0.2) is 0 Å². The third-order valence-electron chi connectivity index (χ3n) is 3.38. The molecule has 2 aromatic rings. The summed E-state index contributed by atoms with van der Waals surface area (Å²) < 4.78 is 20.0. The fourth-order valence-electron chi connectivity index (χ4n) is 2.36. The second-order valence-electron chi connectivity index (χ2n) is 4.81. The van der Waals surface area contributed by atoms with Crippen molar-refractivity contribution in [3.05, 3.63) is 63.9 Å². The summed E-state index contributed by atoms with van der Waals surface area (Å²) >= 11 is 3.25. The number of rotatable bonds is 6. The summed E-state index contributed by atoms with van der Waals surface area (Å²) in [5, 5.41) is 3.35. The number of halogens is 2. The quantitative estimate of drug-likeness (QED) is 0.827. The van der Waals surface area contributed by atoms with Gasteiger partial charge in [0, 0.05) is 11.6 Å². The van der Waals surface area contributed by atoms with E-state index in [1.165, 1.54) is 0 Å². The summed E-state index contributed by atoms with van der Waals surface area (Å²) in [6.45, 7) is 2.80. The van der Waals surface area contributed by atoms with Gasteiger partial charge in [-0.05, 0) is 52.7 Å². The predicted octanol–water partition coefficient (Wildman–Crippen LogP) is 4.49. The molecule has 0 spiro atoms. The zero-order valence-corrected chi connectivity index (χ0v) is 13.8. The Hall–Kier alpha value is -1.39. The highest BCUT2D eigenvalue weighted by atomic mass is 79.9. The van der Waals surface area contributed by atoms with Crippen molar-refractivity contribution >= 4 is 15.9 Å². The fraction of sp³-hybridized carbons (Fsp3) is 0.294. The molecule has 2 aromatic carbocycles. The molecule has 0 fully saturated rings. The van der Waals surface area contributed by atoms with Crippen LogP contribution in [0.25, 0.3) is 0 Å². The first-order chi connectivity index (χ1) is 10.2. The number of likely N-dealkylation sites (N-methyl/N-ethyl adjacent to an activating group) is 1. The Morgan fingerprint density at radius 2 is 2.00 bits per heavy atom. The van der Waals surface area contributed by atoms with E-state index < -0.39 is 0 Å². The Bertz CT molecular complexity index is 603. The third-order valence-corrected chi connectivity index (χ3v) is 3.99. The van der Waals surface area contributed by atoms with E-state index in [9.17, 15) is 4.39 Å². The van der Waals surface area contributed by atoms with Crippen molar-refractivity contribution < 1.29 is 9.13 Å². The molecule has 4 heteroatoms. The molecule has 0 saturated heterocycles. The Kier molecular flexibility index (Phi) is 5.76. The van der Waals surface area contributed by atoms with Crippen molar-refractivity contribution in [1.82, 2.24) is 5.32 Å². The number of hydrogen-bond donors (Lipinski definition) is 1. The Morgan fingerprint density at radius 3 is 2.71 bits per heavy atom. The molecule has 0 heterocycles. The minimum absolute atomic E-state index is 0.0698. The highest BCUT2D eigenvalue weighted by Crippen LogP contribution is 2.27. The van der Waals surface area contributed by atoms with Crippen LogP contribution in [0.15, 0.2) is 46.9 Å². The van der Waals surface area contributed by atoms with E-state index in [4.69, 9.17) is 4.74 Å². The van der Waals surface area contributed by atoms with Crippen LogP contribution in [0.3, 0.4) is 0 Å². The molecule has 0 aliphatic rings. The van der Waals surface area contributed by atoms with Crippen LogP contribution in [-0.2, 0) is 6.42 Å². The van der Waals surface area contributed by atoms with Gasteiger partial charge < -0.3 is 10.1 Å². The van der Waals surface area contributed by atoms with Gasteiger partial charge in [-0.2, -0.15) is 0 Å². The van der Waals surface area contributed by atoms with Crippen molar-refractivity contribution in [2.24, 2.45) is 0 Å². The first-order valence-electron chi connectivity index (χ1n) is 6.96. The second kappa shape index (κ2) is 7.57. The summed E-state index contributed by atoms with van der Waals surface area (Å²) in [6.07, 6.45) is 0.707. The number of benzene rings is 2. The van der Waals surface area contributed by atoms with E-state index in [0.717, 1.165) is 17.9 Å². The zero-order chi connectivity index (χ0) is 15.2. The van der Waals surface area contributed by atoms with Crippen LogP contribution in [0.1, 0.15) is 24.1 Å². The van der Waals surface area contributed by atoms with Crippen LogP contribution in [-0.4, -0.2) is 13.7 Å². The first kappa shape index (κ1) is 16.0. The second-order valence-corrected chi connectivity index (χ2v) is 5.66. The monoisotopic (exact) mass is 351 g/mol. The van der Waals surface area contributed by atoms with Crippen molar-refractivity contribution in [2.45, 2.75) is 19.4 Å². The van der Waals surface area contributed by atoms with Crippen molar-refractivity contribution in [3.8, 4) is 5.75 Å². The lowest BCUT2D eigenvalue weighted by Crippen LogP contribution is -2.24. The van der Waals surface area contributed by atoms with Gasteiger partial charge in [-0.15, -0.1) is 0 Å². The minimum Gasteiger partial charge on any atom is -0.497 e. The van der Waals surface area contributed by atoms with Crippen molar-refractivity contribution in [1.29, 1.82) is 0 Å². The molecule has 1 unspecified atom stereocenters. The standard InChI is InChI=1S/C17H19BrFNO/c1-3-20-16(14-8-5-9-15(18)17(14)19)11-12-6-4-7-13(10-12)21-2/h4-10,16,20H,3,11H2,1-2H3. The maximum Gasteiger partial charge on any atom is 0.142 e. The van der Waals surface area contributed by atoms with Crippen LogP contribution in [0.4, 0.5) is 4.39 Å². The van der Waals surface area contributed by atoms with Crippen LogP contribution in [0.5, 0.6) is 5.75 Å². The van der Waals surface area contributed by atoms with Crippen molar-refractivity contribution in [3.63, 3.8) is 0 Å². The lowest BCUT2D eigenvalue weighted by atomic mass is 9.98. The van der Waals surface area contributed by atoms with Crippen molar-refractivity contribution in [2.75, 3.05) is 13.7 Å². The summed E-state index contributed by atoms with van der Waals surface area (Å²) in [7, 11) is 1.65. The van der Waals surface area contributed by atoms with Crippen LogP contribution in [0.2, 0.25) is 0 Å². The zero-order valence-electron chi connectivity index (χ0n) is 12.2. The molecule has 1 atom stereocenters. The van der Waals surface area contributed by atoms with Gasteiger partial charge in [-0.1, -0.05) is 31.2 Å². The van der Waals surface area contributed by atoms with Crippen LogP contribution >= 0.6 is 15.9 Å². The van der Waals surface area contributed by atoms with Gasteiger partial charge in [0.2, 0.25) is 0 Å². The average molecular weight is 352 g/mol. The Balaban J connectivity index is 2.28. The third kappa shape index (κ3) is 4.05. The number of methoxy groups -OCH3 is 1. The van der Waals surface area contributed by atoms with E-state index >= 15 is 0 Å². The maximum absolute atomic E-state index is 14.3. The predicted molar refractivity (Wildman–Crippen MR) is 87.2 cm³/mol. The van der Waals surface area contributed by atoms with Crippen LogP contribution in [0, 0.1) is 5.82 Å². The Labute approximate surface area is 133 Å². The molecule has 0 aliphatic heterocycles. The topological polar surface area (TPSA) is 21.3 Å². The highest BCUT2D eigenvalue weighted by Gasteiger charge is 2.17. The molecular formula is C17H19BrFNO. The normalized spacial score (nSPS) is 12.2. The fourth-order valence-corrected chi connectivity index (χ4v) is 2.74. The molecule has 1 N–H and O–H groups in total. The molecule has 0 saturated carbocycles. The van der Waals surface area contributed by atoms with Gasteiger partial charge in [-0.25, -0.2) is 4.39 Å². The molecule has 0 aromatic heterocycles. The maximum atomic E-state index is 14.3. The van der Waals surface area contributed by atoms with E-state index in [-0.39, 0.29) is 11.9 Å². The summed E-state index contributed by atoms with van der Waals surface area (Å²) in [5.41, 5.74) is 1.79. The highest BCUT2D eigenvalue weighted by molar-refractivity contribution is 9.10. The van der Waals surface area contributed by atoms with Gasteiger partial charge in [0.05, 0.1) is 11.6 Å². The van der Waals surface area contributed by atoms with E-state index in [0.29, 0.717) is 16.5 Å². The molecular weight excluding hydrogens is 333 g/mol. The minimum atomic E-state index is -0.202. The number of ether oxygens (including phenoxy) is 1. The molecule has 112 valence electrons. The van der Waals surface area contributed by atoms with Gasteiger partial charge in [0.25, 0.3) is 0 Å². The largest absolute Gasteiger partial charge is 0.497 e.